The van der Waals surface area contributed by atoms with Crippen molar-refractivity contribution in [1.82, 2.24) is 20.6 Å². The molecule has 1 aromatic heterocycles. The van der Waals surface area contributed by atoms with Crippen molar-refractivity contribution in [2.75, 3.05) is 6.61 Å². The third-order valence-electron chi connectivity index (χ3n) is 4.49. The largest absolute Gasteiger partial charge is 0.483 e. The van der Waals surface area contributed by atoms with E-state index in [1.165, 1.54) is 0 Å². The van der Waals surface area contributed by atoms with Gasteiger partial charge in [-0.1, -0.05) is 26.0 Å². The average Bonchev–Trinajstić information content (AvgIpc) is 2.84. The SMILES string of the molecule is Cc1ccc(C(C)C)c(OCC(=O)NNC(=O)Cc2c(C)nn(C)c2C)c1. The number of hydrazine groups is 1. The van der Waals surface area contributed by atoms with Crippen LogP contribution in [0.1, 0.15) is 47.8 Å². The Labute approximate surface area is 160 Å². The monoisotopic (exact) mass is 372 g/mol. The number of aryl methyl sites for hydroxylation is 3. The van der Waals surface area contributed by atoms with E-state index < -0.39 is 5.91 Å². The van der Waals surface area contributed by atoms with Crippen molar-refractivity contribution in [1.29, 1.82) is 0 Å². The predicted octanol–water partition coefficient (Wildman–Crippen LogP) is 2.24. The Morgan fingerprint density at radius 3 is 2.41 bits per heavy atom. The molecule has 0 radical (unpaired) electrons. The van der Waals surface area contributed by atoms with Gasteiger partial charge >= 0.3 is 0 Å². The van der Waals surface area contributed by atoms with Gasteiger partial charge in [0.25, 0.3) is 5.91 Å². The van der Waals surface area contributed by atoms with E-state index in [0.717, 1.165) is 28.1 Å². The average molecular weight is 372 g/mol. The van der Waals surface area contributed by atoms with Gasteiger partial charge in [-0.05, 0) is 43.9 Å². The Morgan fingerprint density at radius 1 is 1.15 bits per heavy atom. The maximum atomic E-state index is 12.1. The number of carbonyl (C=O) groups is 2. The van der Waals surface area contributed by atoms with Crippen molar-refractivity contribution in [2.45, 2.75) is 47.0 Å². The third-order valence-corrected chi connectivity index (χ3v) is 4.49. The van der Waals surface area contributed by atoms with Crippen LogP contribution in [-0.4, -0.2) is 28.2 Å². The summed E-state index contributed by atoms with van der Waals surface area (Å²) >= 11 is 0. The maximum absolute atomic E-state index is 12.1. The fourth-order valence-electron chi connectivity index (χ4n) is 2.84. The molecule has 1 aromatic carbocycles. The fraction of sp³-hybridized carbons (Fsp3) is 0.450. The molecule has 27 heavy (non-hydrogen) atoms. The standard InChI is InChI=1S/C20H28N4O3/c1-12(2)16-8-7-13(3)9-18(16)27-11-20(26)22-21-19(25)10-17-14(4)23-24(6)15(17)5/h7-9,12H,10-11H2,1-6H3,(H,21,25)(H,22,26). The zero-order valence-electron chi connectivity index (χ0n) is 16.8. The molecule has 0 spiro atoms. The van der Waals surface area contributed by atoms with Gasteiger partial charge in [0.05, 0.1) is 12.1 Å². The number of nitrogens with zero attached hydrogens (tertiary/aromatic N) is 2. The Hall–Kier alpha value is -2.83. The third kappa shape index (κ3) is 5.32. The molecule has 0 aliphatic carbocycles. The number of rotatable bonds is 6. The molecule has 0 saturated heterocycles. The van der Waals surface area contributed by atoms with Crippen LogP contribution in [0, 0.1) is 20.8 Å². The highest BCUT2D eigenvalue weighted by atomic mass is 16.5. The molecule has 0 fully saturated rings. The highest BCUT2D eigenvalue weighted by molar-refractivity contribution is 5.84. The highest BCUT2D eigenvalue weighted by Crippen LogP contribution is 2.27. The number of hydrogen-bond acceptors (Lipinski definition) is 4. The second-order valence-electron chi connectivity index (χ2n) is 7.03. The molecule has 0 unspecified atom stereocenters. The van der Waals surface area contributed by atoms with E-state index in [-0.39, 0.29) is 24.9 Å². The van der Waals surface area contributed by atoms with E-state index in [4.69, 9.17) is 4.74 Å². The summed E-state index contributed by atoms with van der Waals surface area (Å²) in [6.45, 7) is 9.70. The van der Waals surface area contributed by atoms with Crippen LogP contribution in [0.5, 0.6) is 5.75 Å². The Bertz CT molecular complexity index is 840. The van der Waals surface area contributed by atoms with Crippen LogP contribution in [0.25, 0.3) is 0 Å². The molecule has 146 valence electrons. The molecule has 2 amide bonds. The predicted molar refractivity (Wildman–Crippen MR) is 103 cm³/mol. The number of amides is 2. The van der Waals surface area contributed by atoms with Gasteiger partial charge in [0.15, 0.2) is 6.61 Å². The van der Waals surface area contributed by atoms with Crippen molar-refractivity contribution < 1.29 is 14.3 Å². The van der Waals surface area contributed by atoms with Crippen LogP contribution >= 0.6 is 0 Å². The highest BCUT2D eigenvalue weighted by Gasteiger charge is 2.14. The van der Waals surface area contributed by atoms with Gasteiger partial charge in [0.2, 0.25) is 5.91 Å². The van der Waals surface area contributed by atoms with Crippen molar-refractivity contribution >= 4 is 11.8 Å². The van der Waals surface area contributed by atoms with E-state index in [0.29, 0.717) is 5.75 Å². The topological polar surface area (TPSA) is 85.2 Å². The Kier molecular flexibility index (Phi) is 6.60. The van der Waals surface area contributed by atoms with Crippen molar-refractivity contribution in [3.8, 4) is 5.75 Å². The van der Waals surface area contributed by atoms with Crippen LogP contribution in [-0.2, 0) is 23.1 Å². The molecule has 2 aromatic rings. The molecule has 2 rings (SSSR count). The van der Waals surface area contributed by atoms with Crippen LogP contribution in [0.15, 0.2) is 18.2 Å². The summed E-state index contributed by atoms with van der Waals surface area (Å²) in [4.78, 5) is 24.1. The normalized spacial score (nSPS) is 10.8. The van der Waals surface area contributed by atoms with Gasteiger partial charge in [-0.15, -0.1) is 0 Å². The molecule has 0 saturated carbocycles. The second-order valence-corrected chi connectivity index (χ2v) is 7.03. The number of nitrogens with one attached hydrogen (secondary N) is 2. The van der Waals surface area contributed by atoms with Crippen LogP contribution < -0.4 is 15.6 Å². The van der Waals surface area contributed by atoms with Crippen molar-refractivity contribution in [3.63, 3.8) is 0 Å². The molecule has 0 aliphatic heterocycles. The number of ether oxygens (including phenoxy) is 1. The molecular weight excluding hydrogens is 344 g/mol. The summed E-state index contributed by atoms with van der Waals surface area (Å²) in [5.41, 5.74) is 9.52. The summed E-state index contributed by atoms with van der Waals surface area (Å²) in [5.74, 6) is 0.252. The molecular formula is C20H28N4O3. The van der Waals surface area contributed by atoms with Gasteiger partial charge in [-0.2, -0.15) is 5.10 Å². The van der Waals surface area contributed by atoms with Gasteiger partial charge in [-0.25, -0.2) is 0 Å². The number of carbonyl (C=O) groups excluding carboxylic acids is 2. The van der Waals surface area contributed by atoms with Gasteiger partial charge in [0.1, 0.15) is 5.75 Å². The zero-order valence-corrected chi connectivity index (χ0v) is 16.8. The number of hydrogen-bond donors (Lipinski definition) is 2. The van der Waals surface area contributed by atoms with Crippen molar-refractivity contribution in [3.05, 3.63) is 46.3 Å². The van der Waals surface area contributed by atoms with E-state index in [1.807, 2.05) is 46.0 Å². The van der Waals surface area contributed by atoms with E-state index >= 15 is 0 Å². The lowest BCUT2D eigenvalue weighted by molar-refractivity contribution is -0.129. The lowest BCUT2D eigenvalue weighted by Gasteiger charge is -2.15. The second kappa shape index (κ2) is 8.70. The molecule has 0 bridgehead atoms. The molecule has 7 nitrogen and oxygen atoms in total. The molecule has 7 heteroatoms. The number of benzene rings is 1. The van der Waals surface area contributed by atoms with Crippen LogP contribution in [0.3, 0.4) is 0 Å². The Morgan fingerprint density at radius 2 is 1.81 bits per heavy atom. The zero-order chi connectivity index (χ0) is 20.1. The molecule has 1 heterocycles. The summed E-state index contributed by atoms with van der Waals surface area (Å²) in [7, 11) is 1.83. The summed E-state index contributed by atoms with van der Waals surface area (Å²) < 4.78 is 7.39. The summed E-state index contributed by atoms with van der Waals surface area (Å²) in [5, 5.41) is 4.28. The Balaban J connectivity index is 1.86. The van der Waals surface area contributed by atoms with E-state index in [9.17, 15) is 9.59 Å². The van der Waals surface area contributed by atoms with Gasteiger partial charge in [-0.3, -0.25) is 25.1 Å². The van der Waals surface area contributed by atoms with Crippen LogP contribution in [0.2, 0.25) is 0 Å². The first-order valence-corrected chi connectivity index (χ1v) is 8.99. The minimum atomic E-state index is -0.417. The van der Waals surface area contributed by atoms with E-state index in [2.05, 4.69) is 29.8 Å². The van der Waals surface area contributed by atoms with Crippen LogP contribution in [0.4, 0.5) is 0 Å². The lowest BCUT2D eigenvalue weighted by atomic mass is 10.0. The minimum Gasteiger partial charge on any atom is -0.483 e. The number of aromatic nitrogens is 2. The van der Waals surface area contributed by atoms with Gasteiger partial charge < -0.3 is 4.74 Å². The molecule has 2 N–H and O–H groups in total. The summed E-state index contributed by atoms with van der Waals surface area (Å²) in [6.07, 6.45) is 0.155. The maximum Gasteiger partial charge on any atom is 0.276 e. The molecule has 0 atom stereocenters. The smallest absolute Gasteiger partial charge is 0.276 e. The molecule has 0 aliphatic rings. The summed E-state index contributed by atoms with van der Waals surface area (Å²) in [6, 6.07) is 5.94. The lowest BCUT2D eigenvalue weighted by Crippen LogP contribution is -2.44. The first-order valence-electron chi connectivity index (χ1n) is 8.99. The fourth-order valence-corrected chi connectivity index (χ4v) is 2.84. The quantitative estimate of drug-likeness (QED) is 0.762. The van der Waals surface area contributed by atoms with E-state index in [1.54, 1.807) is 4.68 Å². The first-order chi connectivity index (χ1) is 12.7. The first kappa shape index (κ1) is 20.5. The minimum absolute atomic E-state index is 0.155. The van der Waals surface area contributed by atoms with Crippen molar-refractivity contribution in [2.24, 2.45) is 7.05 Å². The van der Waals surface area contributed by atoms with Gasteiger partial charge in [0, 0.05) is 18.3 Å².